The molecule has 1 fully saturated rings. The van der Waals surface area contributed by atoms with Crippen molar-refractivity contribution in [2.75, 3.05) is 5.32 Å². The van der Waals surface area contributed by atoms with Crippen molar-refractivity contribution >= 4 is 11.7 Å². The van der Waals surface area contributed by atoms with E-state index in [1.807, 2.05) is 36.4 Å². The van der Waals surface area contributed by atoms with Gasteiger partial charge in [-0.25, -0.2) is 9.97 Å². The highest BCUT2D eigenvalue weighted by molar-refractivity contribution is 5.89. The van der Waals surface area contributed by atoms with Gasteiger partial charge in [-0.2, -0.15) is 0 Å². The second-order valence-electron chi connectivity index (χ2n) is 7.75. The van der Waals surface area contributed by atoms with Crippen LogP contribution in [0.25, 0.3) is 0 Å². The number of nitrogens with zero attached hydrogens (tertiary/aromatic N) is 3. The van der Waals surface area contributed by atoms with E-state index in [0.29, 0.717) is 5.82 Å². The van der Waals surface area contributed by atoms with Gasteiger partial charge in [0.1, 0.15) is 12.4 Å². The summed E-state index contributed by atoms with van der Waals surface area (Å²) in [6, 6.07) is 15.0. The third-order valence-electron chi connectivity index (χ3n) is 5.48. The van der Waals surface area contributed by atoms with Crippen LogP contribution >= 0.6 is 0 Å². The second-order valence-corrected chi connectivity index (χ2v) is 7.75. The SMILES string of the molecule is O=C(Cn1cnccc1=O)Nc1ccc(C[C@@H]2CC[C@H]([C@H](O)c3ccccc3)N2)cn1. The number of carbonyl (C=O) groups is 1. The summed E-state index contributed by atoms with van der Waals surface area (Å²) in [4.78, 5) is 32.0. The van der Waals surface area contributed by atoms with Crippen LogP contribution in [0, 0.1) is 0 Å². The van der Waals surface area contributed by atoms with Crippen LogP contribution < -0.4 is 16.2 Å². The van der Waals surface area contributed by atoms with Gasteiger partial charge >= 0.3 is 0 Å². The number of anilines is 1. The predicted molar refractivity (Wildman–Crippen MR) is 116 cm³/mol. The fourth-order valence-corrected chi connectivity index (χ4v) is 3.88. The third-order valence-corrected chi connectivity index (χ3v) is 5.48. The average Bonchev–Trinajstić information content (AvgIpc) is 3.25. The lowest BCUT2D eigenvalue weighted by Gasteiger charge is -2.20. The van der Waals surface area contributed by atoms with E-state index in [-0.39, 0.29) is 30.1 Å². The number of hydrogen-bond donors (Lipinski definition) is 3. The highest BCUT2D eigenvalue weighted by Crippen LogP contribution is 2.26. The van der Waals surface area contributed by atoms with Crippen LogP contribution in [0.1, 0.15) is 30.1 Å². The molecule has 3 aromatic rings. The first-order valence-electron chi connectivity index (χ1n) is 10.3. The monoisotopic (exact) mass is 419 g/mol. The highest BCUT2D eigenvalue weighted by atomic mass is 16.3. The normalized spacial score (nSPS) is 19.1. The first kappa shape index (κ1) is 20.9. The fraction of sp³-hybridized carbons (Fsp3) is 0.304. The zero-order valence-corrected chi connectivity index (χ0v) is 17.0. The molecule has 4 rings (SSSR count). The number of pyridine rings is 1. The number of amides is 1. The number of carbonyl (C=O) groups excluding carboxylic acids is 1. The van der Waals surface area contributed by atoms with Crippen LogP contribution in [0.15, 0.2) is 72.0 Å². The van der Waals surface area contributed by atoms with Crippen molar-refractivity contribution in [2.45, 2.75) is 44.0 Å². The van der Waals surface area contributed by atoms with Gasteiger partial charge in [0.05, 0.1) is 12.4 Å². The number of nitrogens with one attached hydrogen (secondary N) is 2. The maximum absolute atomic E-state index is 12.1. The van der Waals surface area contributed by atoms with Crippen LogP contribution in [-0.4, -0.2) is 37.6 Å². The summed E-state index contributed by atoms with van der Waals surface area (Å²) < 4.78 is 1.23. The molecule has 31 heavy (non-hydrogen) atoms. The number of aromatic nitrogens is 3. The number of benzene rings is 1. The smallest absolute Gasteiger partial charge is 0.253 e. The average molecular weight is 419 g/mol. The van der Waals surface area contributed by atoms with Gasteiger partial charge in [-0.1, -0.05) is 36.4 Å². The molecule has 0 aliphatic carbocycles. The zero-order chi connectivity index (χ0) is 21.6. The lowest BCUT2D eigenvalue weighted by atomic mass is 10.0. The fourth-order valence-electron chi connectivity index (χ4n) is 3.88. The molecule has 1 aliphatic rings. The summed E-state index contributed by atoms with van der Waals surface area (Å²) in [5, 5.41) is 16.8. The minimum atomic E-state index is -0.519. The Morgan fingerprint density at radius 2 is 2.03 bits per heavy atom. The molecule has 3 atom stereocenters. The van der Waals surface area contributed by atoms with Gasteiger partial charge < -0.3 is 15.7 Å². The number of aliphatic hydroxyl groups excluding tert-OH is 1. The molecule has 0 spiro atoms. The minimum Gasteiger partial charge on any atom is -0.387 e. The summed E-state index contributed by atoms with van der Waals surface area (Å²) in [5.41, 5.74) is 1.69. The van der Waals surface area contributed by atoms with Crippen molar-refractivity contribution < 1.29 is 9.90 Å². The molecule has 1 aromatic carbocycles. The van der Waals surface area contributed by atoms with E-state index < -0.39 is 6.10 Å². The molecule has 2 aromatic heterocycles. The molecular formula is C23H25N5O3. The van der Waals surface area contributed by atoms with Crippen molar-refractivity contribution in [3.8, 4) is 0 Å². The summed E-state index contributed by atoms with van der Waals surface area (Å²) >= 11 is 0. The lowest BCUT2D eigenvalue weighted by molar-refractivity contribution is -0.116. The van der Waals surface area contributed by atoms with E-state index in [9.17, 15) is 14.7 Å². The van der Waals surface area contributed by atoms with Crippen molar-refractivity contribution in [1.82, 2.24) is 19.9 Å². The van der Waals surface area contributed by atoms with E-state index in [0.717, 1.165) is 30.4 Å². The van der Waals surface area contributed by atoms with Crippen molar-refractivity contribution in [2.24, 2.45) is 0 Å². The van der Waals surface area contributed by atoms with Gasteiger partial charge in [0.25, 0.3) is 5.56 Å². The summed E-state index contributed by atoms with van der Waals surface area (Å²) in [6.45, 7) is -0.118. The molecule has 0 radical (unpaired) electrons. The Morgan fingerprint density at radius 1 is 1.19 bits per heavy atom. The predicted octanol–water partition coefficient (Wildman–Crippen LogP) is 1.67. The van der Waals surface area contributed by atoms with E-state index in [2.05, 4.69) is 20.6 Å². The Bertz CT molecular complexity index is 1070. The van der Waals surface area contributed by atoms with E-state index >= 15 is 0 Å². The molecule has 8 nitrogen and oxygen atoms in total. The Hall–Kier alpha value is -3.36. The molecule has 1 saturated heterocycles. The van der Waals surface area contributed by atoms with E-state index in [1.54, 1.807) is 12.3 Å². The van der Waals surface area contributed by atoms with Crippen LogP contribution in [0.3, 0.4) is 0 Å². The first-order chi connectivity index (χ1) is 15.1. The summed E-state index contributed by atoms with van der Waals surface area (Å²) in [6.07, 6.45) is 6.63. The second kappa shape index (κ2) is 9.63. The largest absolute Gasteiger partial charge is 0.387 e. The quantitative estimate of drug-likeness (QED) is 0.538. The summed E-state index contributed by atoms with van der Waals surface area (Å²) in [7, 11) is 0. The Kier molecular flexibility index (Phi) is 6.49. The van der Waals surface area contributed by atoms with Crippen LogP contribution in [-0.2, 0) is 17.8 Å². The van der Waals surface area contributed by atoms with E-state index in [4.69, 9.17) is 0 Å². The standard InChI is InChI=1S/C23H25N5O3/c29-21(14-28-15-24-11-10-22(28)30)27-20-9-6-16(13-25-20)12-18-7-8-19(26-18)23(31)17-4-2-1-3-5-17/h1-6,9-11,13,15,18-19,23,26,31H,7-8,12,14H2,(H,25,27,29)/t18-,19+,23+/m0/s1. The van der Waals surface area contributed by atoms with Crippen LogP contribution in [0.4, 0.5) is 5.82 Å². The Labute approximate surface area is 180 Å². The molecular weight excluding hydrogens is 394 g/mol. The summed E-state index contributed by atoms with van der Waals surface area (Å²) in [5.74, 6) is 0.0907. The molecule has 0 saturated carbocycles. The topological polar surface area (TPSA) is 109 Å². The van der Waals surface area contributed by atoms with Gasteiger partial charge in [-0.15, -0.1) is 0 Å². The van der Waals surface area contributed by atoms with E-state index in [1.165, 1.54) is 23.2 Å². The molecule has 0 bridgehead atoms. The Balaban J connectivity index is 1.28. The number of rotatable bonds is 7. The molecule has 160 valence electrons. The third kappa shape index (κ3) is 5.42. The van der Waals surface area contributed by atoms with Crippen LogP contribution in [0.2, 0.25) is 0 Å². The molecule has 1 amide bonds. The van der Waals surface area contributed by atoms with Crippen molar-refractivity contribution in [3.63, 3.8) is 0 Å². The van der Waals surface area contributed by atoms with Crippen molar-refractivity contribution in [3.05, 3.63) is 88.7 Å². The Morgan fingerprint density at radius 3 is 2.77 bits per heavy atom. The number of aliphatic hydroxyl groups is 1. The van der Waals surface area contributed by atoms with Gasteiger partial charge in [-0.3, -0.25) is 14.2 Å². The molecule has 0 unspecified atom stereocenters. The highest BCUT2D eigenvalue weighted by Gasteiger charge is 2.29. The molecule has 3 N–H and O–H groups in total. The maximum atomic E-state index is 12.1. The maximum Gasteiger partial charge on any atom is 0.253 e. The molecule has 3 heterocycles. The first-order valence-corrected chi connectivity index (χ1v) is 10.3. The lowest BCUT2D eigenvalue weighted by Crippen LogP contribution is -2.35. The van der Waals surface area contributed by atoms with Gasteiger partial charge in [0.15, 0.2) is 0 Å². The van der Waals surface area contributed by atoms with Gasteiger partial charge in [0.2, 0.25) is 5.91 Å². The molecule has 1 aliphatic heterocycles. The van der Waals surface area contributed by atoms with Gasteiger partial charge in [-0.05, 0) is 36.5 Å². The minimum absolute atomic E-state index is 0.0369. The number of hydrogen-bond acceptors (Lipinski definition) is 6. The van der Waals surface area contributed by atoms with Crippen LogP contribution in [0.5, 0.6) is 0 Å². The molecule has 8 heteroatoms. The van der Waals surface area contributed by atoms with Gasteiger partial charge in [0, 0.05) is 30.5 Å². The zero-order valence-electron chi connectivity index (χ0n) is 17.0. The van der Waals surface area contributed by atoms with Crippen molar-refractivity contribution in [1.29, 1.82) is 0 Å².